The lowest BCUT2D eigenvalue weighted by Gasteiger charge is -2.11. The third-order valence-corrected chi connectivity index (χ3v) is 2.83. The summed E-state index contributed by atoms with van der Waals surface area (Å²) in [7, 11) is 0. The standard InChI is InChI=1S/C12H11NO5/c1-5-2-3-6-9(12(18)13-11(6)17)8(5)10(16)7(15)4-14/h2-3,7,14-15H,4H2,1H3,(H,13,17,18). The molecule has 0 aromatic heterocycles. The lowest BCUT2D eigenvalue weighted by molar-refractivity contribution is 0.0584. The quantitative estimate of drug-likeness (QED) is 0.491. The Labute approximate surface area is 102 Å². The van der Waals surface area contributed by atoms with Crippen LogP contribution >= 0.6 is 0 Å². The first kappa shape index (κ1) is 12.4. The molecule has 6 nitrogen and oxygen atoms in total. The van der Waals surface area contributed by atoms with Crippen molar-refractivity contribution in [2.45, 2.75) is 13.0 Å². The van der Waals surface area contributed by atoms with Crippen LogP contribution in [0.15, 0.2) is 12.1 Å². The molecule has 1 unspecified atom stereocenters. The fourth-order valence-corrected chi connectivity index (χ4v) is 1.93. The second-order valence-electron chi connectivity index (χ2n) is 4.03. The highest BCUT2D eigenvalue weighted by atomic mass is 16.3. The second kappa shape index (κ2) is 4.32. The number of hydrogen-bond donors (Lipinski definition) is 3. The Kier molecular flexibility index (Phi) is 2.98. The zero-order valence-electron chi connectivity index (χ0n) is 9.56. The topological polar surface area (TPSA) is 104 Å². The second-order valence-corrected chi connectivity index (χ2v) is 4.03. The largest absolute Gasteiger partial charge is 0.393 e. The minimum absolute atomic E-state index is 0.0163. The van der Waals surface area contributed by atoms with E-state index in [1.165, 1.54) is 12.1 Å². The normalized spacial score (nSPS) is 15.3. The first-order valence-corrected chi connectivity index (χ1v) is 5.29. The van der Waals surface area contributed by atoms with Crippen LogP contribution in [0.25, 0.3) is 0 Å². The summed E-state index contributed by atoms with van der Waals surface area (Å²) < 4.78 is 0. The SMILES string of the molecule is Cc1ccc2c(c1C(=O)C(O)CO)C(=O)NC2=O. The Bertz CT molecular complexity index is 564. The zero-order valence-corrected chi connectivity index (χ0v) is 9.56. The molecule has 0 spiro atoms. The maximum atomic E-state index is 11.9. The van der Waals surface area contributed by atoms with Crippen molar-refractivity contribution in [2.75, 3.05) is 6.61 Å². The van der Waals surface area contributed by atoms with Crippen molar-refractivity contribution < 1.29 is 24.6 Å². The first-order valence-electron chi connectivity index (χ1n) is 5.29. The summed E-state index contributed by atoms with van der Waals surface area (Å²) in [6.45, 7) is 0.852. The Balaban J connectivity index is 2.65. The van der Waals surface area contributed by atoms with Gasteiger partial charge < -0.3 is 10.2 Å². The fraction of sp³-hybridized carbons (Fsp3) is 0.250. The van der Waals surface area contributed by atoms with E-state index < -0.39 is 30.3 Å². The van der Waals surface area contributed by atoms with Gasteiger partial charge in [-0.25, -0.2) is 0 Å². The summed E-state index contributed by atoms with van der Waals surface area (Å²) in [5, 5.41) is 20.2. The van der Waals surface area contributed by atoms with Gasteiger partial charge in [-0.2, -0.15) is 0 Å². The van der Waals surface area contributed by atoms with Crippen LogP contribution in [0.5, 0.6) is 0 Å². The smallest absolute Gasteiger partial charge is 0.259 e. The third kappa shape index (κ3) is 1.71. The van der Waals surface area contributed by atoms with E-state index in [2.05, 4.69) is 5.32 Å². The van der Waals surface area contributed by atoms with Crippen LogP contribution in [0.3, 0.4) is 0 Å². The minimum Gasteiger partial charge on any atom is -0.393 e. The van der Waals surface area contributed by atoms with E-state index in [9.17, 15) is 19.5 Å². The van der Waals surface area contributed by atoms with Gasteiger partial charge in [0.1, 0.15) is 6.10 Å². The number of aryl methyl sites for hydroxylation is 1. The molecule has 1 aromatic rings. The molecular formula is C12H11NO5. The summed E-state index contributed by atoms with van der Waals surface area (Å²) in [4.78, 5) is 35.0. The highest BCUT2D eigenvalue weighted by Crippen LogP contribution is 2.24. The Hall–Kier alpha value is -2.05. The number of aliphatic hydroxyl groups is 2. The Morgan fingerprint density at radius 2 is 2.00 bits per heavy atom. The number of aliphatic hydroxyl groups excluding tert-OH is 2. The van der Waals surface area contributed by atoms with Gasteiger partial charge in [0.05, 0.1) is 17.7 Å². The molecule has 18 heavy (non-hydrogen) atoms. The van der Waals surface area contributed by atoms with Crippen LogP contribution in [-0.4, -0.2) is 40.5 Å². The van der Waals surface area contributed by atoms with Crippen LogP contribution in [0.4, 0.5) is 0 Å². The Morgan fingerprint density at radius 3 is 2.61 bits per heavy atom. The van der Waals surface area contributed by atoms with Crippen molar-refractivity contribution in [1.29, 1.82) is 0 Å². The van der Waals surface area contributed by atoms with Crippen molar-refractivity contribution in [1.82, 2.24) is 5.32 Å². The molecule has 0 fully saturated rings. The number of fused-ring (bicyclic) bond motifs is 1. The average molecular weight is 249 g/mol. The van der Waals surface area contributed by atoms with Gasteiger partial charge in [0.25, 0.3) is 11.8 Å². The van der Waals surface area contributed by atoms with E-state index >= 15 is 0 Å². The van der Waals surface area contributed by atoms with Gasteiger partial charge in [0.2, 0.25) is 0 Å². The maximum Gasteiger partial charge on any atom is 0.259 e. The first-order chi connectivity index (χ1) is 8.47. The van der Waals surface area contributed by atoms with E-state index in [1.807, 2.05) is 0 Å². The van der Waals surface area contributed by atoms with Gasteiger partial charge in [-0.3, -0.25) is 19.7 Å². The predicted molar refractivity (Wildman–Crippen MR) is 60.4 cm³/mol. The molecule has 3 N–H and O–H groups in total. The number of imide groups is 1. The minimum atomic E-state index is -1.60. The molecule has 6 heteroatoms. The number of nitrogens with one attached hydrogen (secondary N) is 1. The molecule has 1 atom stereocenters. The van der Waals surface area contributed by atoms with Crippen molar-refractivity contribution in [3.05, 3.63) is 34.4 Å². The summed E-state index contributed by atoms with van der Waals surface area (Å²) in [5.41, 5.74) is 0.532. The molecule has 1 aliphatic rings. The molecule has 0 bridgehead atoms. The number of carbonyl (C=O) groups excluding carboxylic acids is 3. The Morgan fingerprint density at radius 1 is 1.33 bits per heavy atom. The summed E-state index contributed by atoms with van der Waals surface area (Å²) in [6.07, 6.45) is -1.60. The van der Waals surface area contributed by atoms with Gasteiger partial charge in [-0.05, 0) is 18.6 Å². The number of Topliss-reactive ketones (excluding diaryl/α,β-unsaturated/α-hetero) is 1. The molecule has 2 rings (SSSR count). The van der Waals surface area contributed by atoms with Crippen LogP contribution < -0.4 is 5.32 Å². The van der Waals surface area contributed by atoms with E-state index in [0.717, 1.165) is 0 Å². The van der Waals surface area contributed by atoms with Crippen LogP contribution in [0.1, 0.15) is 36.6 Å². The number of ketones is 1. The highest BCUT2D eigenvalue weighted by molar-refractivity contribution is 6.25. The van der Waals surface area contributed by atoms with E-state index in [1.54, 1.807) is 6.92 Å². The number of hydrogen-bond acceptors (Lipinski definition) is 5. The molecular weight excluding hydrogens is 238 g/mol. The van der Waals surface area contributed by atoms with Crippen LogP contribution in [-0.2, 0) is 0 Å². The molecule has 0 radical (unpaired) electrons. The maximum absolute atomic E-state index is 11.9. The fourth-order valence-electron chi connectivity index (χ4n) is 1.93. The zero-order chi connectivity index (χ0) is 13.4. The van der Waals surface area contributed by atoms with E-state index in [4.69, 9.17) is 5.11 Å². The lowest BCUT2D eigenvalue weighted by atomic mass is 9.93. The van der Waals surface area contributed by atoms with Gasteiger partial charge in [-0.15, -0.1) is 0 Å². The van der Waals surface area contributed by atoms with Crippen LogP contribution in [0, 0.1) is 6.92 Å². The average Bonchev–Trinajstić information content (AvgIpc) is 2.63. The molecule has 1 heterocycles. The van der Waals surface area contributed by atoms with Crippen molar-refractivity contribution in [3.8, 4) is 0 Å². The van der Waals surface area contributed by atoms with Crippen molar-refractivity contribution >= 4 is 17.6 Å². The van der Waals surface area contributed by atoms with Crippen molar-refractivity contribution in [3.63, 3.8) is 0 Å². The third-order valence-electron chi connectivity index (χ3n) is 2.83. The molecule has 1 aromatic carbocycles. The predicted octanol–water partition coefficient (Wildman–Crippen LogP) is -0.585. The molecule has 0 aliphatic carbocycles. The summed E-state index contributed by atoms with van der Waals surface area (Å²) >= 11 is 0. The lowest BCUT2D eigenvalue weighted by Crippen LogP contribution is -2.27. The van der Waals surface area contributed by atoms with Gasteiger partial charge >= 0.3 is 0 Å². The number of amides is 2. The van der Waals surface area contributed by atoms with E-state index in [0.29, 0.717) is 5.56 Å². The molecule has 94 valence electrons. The number of carbonyl (C=O) groups is 3. The van der Waals surface area contributed by atoms with Crippen LogP contribution in [0.2, 0.25) is 0 Å². The van der Waals surface area contributed by atoms with Crippen molar-refractivity contribution in [2.24, 2.45) is 0 Å². The van der Waals surface area contributed by atoms with Gasteiger partial charge in [-0.1, -0.05) is 6.07 Å². The number of rotatable bonds is 3. The number of benzene rings is 1. The van der Waals surface area contributed by atoms with E-state index in [-0.39, 0.29) is 16.7 Å². The van der Waals surface area contributed by atoms with Gasteiger partial charge in [0.15, 0.2) is 5.78 Å². The summed E-state index contributed by atoms with van der Waals surface area (Å²) in [6, 6.07) is 2.97. The molecule has 2 amide bonds. The summed E-state index contributed by atoms with van der Waals surface area (Å²) in [5.74, 6) is -1.99. The highest BCUT2D eigenvalue weighted by Gasteiger charge is 2.34. The van der Waals surface area contributed by atoms with Gasteiger partial charge in [0, 0.05) is 5.56 Å². The monoisotopic (exact) mass is 249 g/mol. The molecule has 1 aliphatic heterocycles. The molecule has 0 saturated heterocycles. The molecule has 0 saturated carbocycles.